The van der Waals surface area contributed by atoms with Crippen molar-refractivity contribution in [2.24, 2.45) is 0 Å². The first-order chi connectivity index (χ1) is 8.66. The normalized spacial score (nSPS) is 18.8. The maximum absolute atomic E-state index is 13.1. The smallest absolute Gasteiger partial charge is 0.126 e. The van der Waals surface area contributed by atoms with Crippen molar-refractivity contribution in [1.82, 2.24) is 4.90 Å². The van der Waals surface area contributed by atoms with E-state index in [-0.39, 0.29) is 5.82 Å². The third-order valence-electron chi connectivity index (χ3n) is 3.73. The molecule has 1 aromatic carbocycles. The Morgan fingerprint density at radius 2 is 2.00 bits per heavy atom. The first-order valence-corrected chi connectivity index (χ1v) is 6.83. The summed E-state index contributed by atoms with van der Waals surface area (Å²) in [7, 11) is 0. The Hall–Kier alpha value is -0.930. The lowest BCUT2D eigenvalue weighted by Crippen LogP contribution is -2.31. The summed E-state index contributed by atoms with van der Waals surface area (Å²) < 4.78 is 13.1. The second kappa shape index (κ2) is 6.30. The quantitative estimate of drug-likeness (QED) is 0.889. The predicted octanol–water partition coefficient (Wildman–Crippen LogP) is 3.04. The van der Waals surface area contributed by atoms with Gasteiger partial charge in [0.05, 0.1) is 6.10 Å². The summed E-state index contributed by atoms with van der Waals surface area (Å²) >= 11 is 0. The predicted molar refractivity (Wildman–Crippen MR) is 71.0 cm³/mol. The molecule has 100 valence electrons. The van der Waals surface area contributed by atoms with Gasteiger partial charge in [-0.3, -0.25) is 0 Å². The molecule has 1 saturated heterocycles. The van der Waals surface area contributed by atoms with E-state index in [9.17, 15) is 9.50 Å². The van der Waals surface area contributed by atoms with Crippen LogP contribution in [-0.4, -0.2) is 29.6 Å². The van der Waals surface area contributed by atoms with Crippen LogP contribution in [0.1, 0.15) is 42.9 Å². The third kappa shape index (κ3) is 3.53. The number of hydrogen-bond acceptors (Lipinski definition) is 2. The van der Waals surface area contributed by atoms with E-state index in [2.05, 4.69) is 4.90 Å². The van der Waals surface area contributed by atoms with Gasteiger partial charge >= 0.3 is 0 Å². The molecule has 1 heterocycles. The van der Waals surface area contributed by atoms with Crippen LogP contribution < -0.4 is 0 Å². The number of aliphatic hydroxyl groups is 1. The van der Waals surface area contributed by atoms with Crippen LogP contribution in [0.4, 0.5) is 4.39 Å². The van der Waals surface area contributed by atoms with Crippen molar-refractivity contribution in [2.75, 3.05) is 19.6 Å². The van der Waals surface area contributed by atoms with Crippen LogP contribution in [0.15, 0.2) is 18.2 Å². The van der Waals surface area contributed by atoms with E-state index >= 15 is 0 Å². The topological polar surface area (TPSA) is 23.5 Å². The van der Waals surface area contributed by atoms with Gasteiger partial charge in [-0.05, 0) is 56.5 Å². The van der Waals surface area contributed by atoms with Crippen molar-refractivity contribution in [3.05, 3.63) is 35.1 Å². The fourth-order valence-electron chi connectivity index (χ4n) is 2.53. The zero-order valence-electron chi connectivity index (χ0n) is 11.0. The molecule has 0 spiro atoms. The van der Waals surface area contributed by atoms with Crippen LogP contribution in [0.3, 0.4) is 0 Å². The number of aliphatic hydroxyl groups excluding tert-OH is 1. The van der Waals surface area contributed by atoms with Gasteiger partial charge in [-0.25, -0.2) is 4.39 Å². The Morgan fingerprint density at radius 1 is 1.28 bits per heavy atom. The Morgan fingerprint density at radius 3 is 2.67 bits per heavy atom. The van der Waals surface area contributed by atoms with Gasteiger partial charge in [0.15, 0.2) is 0 Å². The van der Waals surface area contributed by atoms with Crippen molar-refractivity contribution < 1.29 is 9.50 Å². The average molecular weight is 251 g/mol. The Bertz CT molecular complexity index is 388. The number of nitrogens with zero attached hydrogens (tertiary/aromatic N) is 1. The second-order valence-corrected chi connectivity index (χ2v) is 5.22. The lowest BCUT2D eigenvalue weighted by Gasteiger charge is -2.27. The molecule has 0 aromatic heterocycles. The summed E-state index contributed by atoms with van der Waals surface area (Å²) in [6.07, 6.45) is 4.12. The molecule has 1 aliphatic heterocycles. The molecule has 1 atom stereocenters. The van der Waals surface area contributed by atoms with E-state index in [0.717, 1.165) is 31.6 Å². The Balaban J connectivity index is 1.86. The molecule has 1 aliphatic rings. The summed E-state index contributed by atoms with van der Waals surface area (Å²) in [6, 6.07) is 4.87. The van der Waals surface area contributed by atoms with Gasteiger partial charge in [0.2, 0.25) is 0 Å². The minimum atomic E-state index is -0.480. The van der Waals surface area contributed by atoms with Gasteiger partial charge in [0, 0.05) is 6.54 Å². The molecule has 2 rings (SSSR count). The average Bonchev–Trinajstić information content (AvgIpc) is 2.40. The van der Waals surface area contributed by atoms with E-state index < -0.39 is 6.10 Å². The van der Waals surface area contributed by atoms with Gasteiger partial charge < -0.3 is 10.0 Å². The molecule has 1 unspecified atom stereocenters. The molecule has 1 N–H and O–H groups in total. The maximum atomic E-state index is 13.1. The highest BCUT2D eigenvalue weighted by atomic mass is 19.1. The molecule has 1 aromatic rings. The highest BCUT2D eigenvalue weighted by Gasteiger charge is 2.14. The van der Waals surface area contributed by atoms with E-state index in [1.165, 1.54) is 25.3 Å². The van der Waals surface area contributed by atoms with Crippen LogP contribution in [-0.2, 0) is 0 Å². The van der Waals surface area contributed by atoms with Crippen molar-refractivity contribution in [3.63, 3.8) is 0 Å². The number of halogens is 1. The van der Waals surface area contributed by atoms with Crippen molar-refractivity contribution in [1.29, 1.82) is 0 Å². The number of likely N-dealkylation sites (tertiary alicyclic amines) is 1. The molecule has 0 amide bonds. The monoisotopic (exact) mass is 251 g/mol. The molecular weight excluding hydrogens is 229 g/mol. The van der Waals surface area contributed by atoms with Gasteiger partial charge in [-0.15, -0.1) is 0 Å². The molecule has 1 fully saturated rings. The minimum absolute atomic E-state index is 0.206. The number of hydrogen-bond donors (Lipinski definition) is 1. The summed E-state index contributed by atoms with van der Waals surface area (Å²) in [5, 5.41) is 10.1. The van der Waals surface area contributed by atoms with Gasteiger partial charge in [0.1, 0.15) is 5.82 Å². The molecular formula is C15H22FNO. The molecule has 3 heteroatoms. The first kappa shape index (κ1) is 13.5. The standard InChI is InChI=1S/C15H22FNO/c1-12-11-13(5-6-14(12)16)15(18)7-10-17-8-3-2-4-9-17/h5-6,11,15,18H,2-4,7-10H2,1H3. The Kier molecular flexibility index (Phi) is 4.72. The van der Waals surface area contributed by atoms with Crippen LogP contribution >= 0.6 is 0 Å². The number of piperidine rings is 1. The van der Waals surface area contributed by atoms with E-state index in [4.69, 9.17) is 0 Å². The van der Waals surface area contributed by atoms with Crippen molar-refractivity contribution in [3.8, 4) is 0 Å². The Labute approximate surface area is 108 Å². The molecule has 18 heavy (non-hydrogen) atoms. The summed E-state index contributed by atoms with van der Waals surface area (Å²) in [5.74, 6) is -0.206. The highest BCUT2D eigenvalue weighted by molar-refractivity contribution is 5.25. The number of rotatable bonds is 4. The third-order valence-corrected chi connectivity index (χ3v) is 3.73. The van der Waals surface area contributed by atoms with Crippen molar-refractivity contribution >= 4 is 0 Å². The molecule has 2 nitrogen and oxygen atoms in total. The fraction of sp³-hybridized carbons (Fsp3) is 0.600. The van der Waals surface area contributed by atoms with Gasteiger partial charge in [0.25, 0.3) is 0 Å². The highest BCUT2D eigenvalue weighted by Crippen LogP contribution is 2.20. The second-order valence-electron chi connectivity index (χ2n) is 5.22. The van der Waals surface area contributed by atoms with Crippen LogP contribution in [0.5, 0.6) is 0 Å². The van der Waals surface area contributed by atoms with Crippen LogP contribution in [0, 0.1) is 12.7 Å². The maximum Gasteiger partial charge on any atom is 0.126 e. The lowest BCUT2D eigenvalue weighted by molar-refractivity contribution is 0.134. The summed E-state index contributed by atoms with van der Waals surface area (Å²) in [5.41, 5.74) is 1.43. The SMILES string of the molecule is Cc1cc(C(O)CCN2CCCCC2)ccc1F. The molecule has 0 bridgehead atoms. The van der Waals surface area contributed by atoms with Crippen LogP contribution in [0.25, 0.3) is 0 Å². The number of aryl methyl sites for hydroxylation is 1. The van der Waals surface area contributed by atoms with Gasteiger partial charge in [-0.1, -0.05) is 18.6 Å². The summed E-state index contributed by atoms with van der Waals surface area (Å²) in [6.45, 7) is 4.96. The van der Waals surface area contributed by atoms with Crippen LogP contribution in [0.2, 0.25) is 0 Å². The first-order valence-electron chi connectivity index (χ1n) is 6.83. The van der Waals surface area contributed by atoms with E-state index in [0.29, 0.717) is 5.56 Å². The van der Waals surface area contributed by atoms with Gasteiger partial charge in [-0.2, -0.15) is 0 Å². The zero-order valence-corrected chi connectivity index (χ0v) is 11.0. The largest absolute Gasteiger partial charge is 0.388 e. The molecule has 0 saturated carbocycles. The molecule has 0 radical (unpaired) electrons. The molecule has 0 aliphatic carbocycles. The minimum Gasteiger partial charge on any atom is -0.388 e. The summed E-state index contributed by atoms with van der Waals surface area (Å²) in [4.78, 5) is 2.41. The zero-order chi connectivity index (χ0) is 13.0. The van der Waals surface area contributed by atoms with E-state index in [1.807, 2.05) is 0 Å². The van der Waals surface area contributed by atoms with E-state index in [1.54, 1.807) is 19.1 Å². The fourth-order valence-corrected chi connectivity index (χ4v) is 2.53. The number of benzene rings is 1. The lowest BCUT2D eigenvalue weighted by atomic mass is 10.0. The van der Waals surface area contributed by atoms with Crippen molar-refractivity contribution in [2.45, 2.75) is 38.7 Å².